The fraction of sp³-hybridized carbons (Fsp3) is 0.500. The van der Waals surface area contributed by atoms with Crippen molar-refractivity contribution in [1.29, 1.82) is 0 Å². The van der Waals surface area contributed by atoms with Crippen LogP contribution in [0.3, 0.4) is 0 Å². The normalized spacial score (nSPS) is 15.5. The number of hydrogen-bond donors (Lipinski definition) is 1. The smallest absolute Gasteiger partial charge is 0.264 e. The fourth-order valence-electron chi connectivity index (χ4n) is 2.31. The van der Waals surface area contributed by atoms with Crippen LogP contribution in [-0.4, -0.2) is 35.6 Å². The van der Waals surface area contributed by atoms with E-state index in [-0.39, 0.29) is 12.5 Å². The van der Waals surface area contributed by atoms with E-state index >= 15 is 0 Å². The average molecular weight is 385 g/mol. The molecule has 0 aliphatic carbocycles. The lowest BCUT2D eigenvalue weighted by Crippen LogP contribution is -2.47. The van der Waals surface area contributed by atoms with Crippen molar-refractivity contribution in [3.05, 3.63) is 28.2 Å². The van der Waals surface area contributed by atoms with Crippen LogP contribution < -0.4 is 10.1 Å². The van der Waals surface area contributed by atoms with Crippen molar-refractivity contribution in [3.8, 4) is 5.75 Å². The molecule has 0 bridgehead atoms. The number of piperidine rings is 1. The molecule has 1 aromatic carbocycles. The lowest BCUT2D eigenvalue weighted by Gasteiger charge is -2.32. The number of thiocarbonyl (C=S) groups is 1. The minimum Gasteiger partial charge on any atom is -0.483 e. The molecule has 0 aromatic heterocycles. The number of halogens is 1. The summed E-state index contributed by atoms with van der Waals surface area (Å²) in [7, 11) is 0. The third-order valence-corrected chi connectivity index (χ3v) is 4.74. The van der Waals surface area contributed by atoms with Crippen LogP contribution >= 0.6 is 28.1 Å². The molecule has 0 atom stereocenters. The molecular formula is C16H21BrN2O2S. The summed E-state index contributed by atoms with van der Waals surface area (Å²) in [6, 6.07) is 5.74. The topological polar surface area (TPSA) is 41.6 Å². The zero-order valence-electron chi connectivity index (χ0n) is 12.9. The number of hydrogen-bond acceptors (Lipinski definition) is 3. The first-order valence-corrected chi connectivity index (χ1v) is 8.63. The maximum absolute atomic E-state index is 11.9. The molecule has 6 heteroatoms. The quantitative estimate of drug-likeness (QED) is 0.811. The first-order chi connectivity index (χ1) is 10.5. The summed E-state index contributed by atoms with van der Waals surface area (Å²) in [5, 5.41) is 3.25. The maximum Gasteiger partial charge on any atom is 0.264 e. The second kappa shape index (κ2) is 7.92. The molecule has 2 rings (SSSR count). The highest BCUT2D eigenvalue weighted by Gasteiger charge is 2.19. The number of aryl methyl sites for hydroxylation is 1. The third kappa shape index (κ3) is 4.95. The Morgan fingerprint density at radius 2 is 2.14 bits per heavy atom. The van der Waals surface area contributed by atoms with Crippen LogP contribution in [0, 0.1) is 12.8 Å². The molecule has 4 nitrogen and oxygen atoms in total. The van der Waals surface area contributed by atoms with E-state index in [1.165, 1.54) is 0 Å². The monoisotopic (exact) mass is 384 g/mol. The van der Waals surface area contributed by atoms with Crippen molar-refractivity contribution in [2.45, 2.75) is 26.7 Å². The zero-order chi connectivity index (χ0) is 16.1. The molecular weight excluding hydrogens is 364 g/mol. The molecule has 1 aromatic rings. The molecule has 1 amide bonds. The number of rotatable bonds is 3. The number of nitrogens with one attached hydrogen (secondary N) is 1. The minimum atomic E-state index is -0.226. The van der Waals surface area contributed by atoms with Gasteiger partial charge in [-0.05, 0) is 71.5 Å². The molecule has 1 aliphatic rings. The van der Waals surface area contributed by atoms with Crippen molar-refractivity contribution in [2.75, 3.05) is 19.7 Å². The van der Waals surface area contributed by atoms with E-state index in [4.69, 9.17) is 17.0 Å². The van der Waals surface area contributed by atoms with Crippen molar-refractivity contribution in [3.63, 3.8) is 0 Å². The molecule has 1 fully saturated rings. The Morgan fingerprint density at radius 1 is 1.45 bits per heavy atom. The van der Waals surface area contributed by atoms with Gasteiger partial charge in [0.2, 0.25) is 0 Å². The molecule has 1 N–H and O–H groups in total. The molecule has 0 radical (unpaired) electrons. The Morgan fingerprint density at radius 3 is 2.77 bits per heavy atom. The van der Waals surface area contributed by atoms with Crippen LogP contribution in [0.25, 0.3) is 0 Å². The van der Waals surface area contributed by atoms with Gasteiger partial charge in [-0.25, -0.2) is 0 Å². The van der Waals surface area contributed by atoms with Gasteiger partial charge in [0, 0.05) is 13.1 Å². The summed E-state index contributed by atoms with van der Waals surface area (Å²) >= 11 is 8.72. The van der Waals surface area contributed by atoms with Crippen LogP contribution in [-0.2, 0) is 4.79 Å². The number of carbonyl (C=O) groups is 1. The number of amides is 1. The van der Waals surface area contributed by atoms with E-state index in [9.17, 15) is 4.79 Å². The van der Waals surface area contributed by atoms with Gasteiger partial charge in [-0.15, -0.1) is 0 Å². The lowest BCUT2D eigenvalue weighted by atomic mass is 10.00. The van der Waals surface area contributed by atoms with Crippen LogP contribution in [0.2, 0.25) is 0 Å². The van der Waals surface area contributed by atoms with Gasteiger partial charge in [-0.3, -0.25) is 4.79 Å². The Kier molecular flexibility index (Phi) is 6.20. The van der Waals surface area contributed by atoms with Gasteiger partial charge >= 0.3 is 0 Å². The first kappa shape index (κ1) is 17.2. The number of benzene rings is 1. The van der Waals surface area contributed by atoms with E-state index in [2.05, 4.69) is 33.1 Å². The minimum absolute atomic E-state index is 0.0496. The van der Waals surface area contributed by atoms with Crippen molar-refractivity contribution < 1.29 is 9.53 Å². The summed E-state index contributed by atoms with van der Waals surface area (Å²) in [4.78, 5) is 14.0. The SMILES string of the molecule is Cc1ccc(OCC(=O)NC(=S)N2CCC(C)CC2)c(Br)c1. The predicted octanol–water partition coefficient (Wildman–Crippen LogP) is 3.27. The van der Waals surface area contributed by atoms with Crippen LogP contribution in [0.1, 0.15) is 25.3 Å². The Balaban J connectivity index is 1.79. The molecule has 1 aliphatic heterocycles. The van der Waals surface area contributed by atoms with Crippen molar-refractivity contribution >= 4 is 39.2 Å². The third-order valence-electron chi connectivity index (χ3n) is 3.76. The summed E-state index contributed by atoms with van der Waals surface area (Å²) in [5.41, 5.74) is 1.13. The van der Waals surface area contributed by atoms with Gasteiger partial charge in [0.1, 0.15) is 5.75 Å². The molecule has 0 saturated carbocycles. The Bertz CT molecular complexity index is 557. The highest BCUT2D eigenvalue weighted by molar-refractivity contribution is 9.10. The first-order valence-electron chi connectivity index (χ1n) is 7.43. The van der Waals surface area contributed by atoms with Crippen molar-refractivity contribution in [1.82, 2.24) is 10.2 Å². The number of nitrogens with zero attached hydrogens (tertiary/aromatic N) is 1. The van der Waals surface area contributed by atoms with Crippen LogP contribution in [0.5, 0.6) is 5.75 Å². The van der Waals surface area contributed by atoms with Gasteiger partial charge in [0.05, 0.1) is 4.47 Å². The average Bonchev–Trinajstić information content (AvgIpc) is 2.47. The summed E-state index contributed by atoms with van der Waals surface area (Å²) in [6.45, 7) is 6.01. The number of likely N-dealkylation sites (tertiary alicyclic amines) is 1. The summed E-state index contributed by atoms with van der Waals surface area (Å²) in [6.07, 6.45) is 2.23. The van der Waals surface area contributed by atoms with E-state index in [1.807, 2.05) is 25.1 Å². The van der Waals surface area contributed by atoms with Gasteiger partial charge in [0.15, 0.2) is 11.7 Å². The summed E-state index contributed by atoms with van der Waals surface area (Å²) in [5.74, 6) is 1.16. The van der Waals surface area contributed by atoms with Crippen molar-refractivity contribution in [2.24, 2.45) is 5.92 Å². The van der Waals surface area contributed by atoms with Crippen LogP contribution in [0.15, 0.2) is 22.7 Å². The number of ether oxygens (including phenoxy) is 1. The van der Waals surface area contributed by atoms with E-state index in [0.29, 0.717) is 10.9 Å². The van der Waals surface area contributed by atoms with E-state index in [1.54, 1.807) is 0 Å². The molecule has 0 unspecified atom stereocenters. The van der Waals surface area contributed by atoms with Gasteiger partial charge < -0.3 is 15.0 Å². The highest BCUT2D eigenvalue weighted by atomic mass is 79.9. The van der Waals surface area contributed by atoms with Gasteiger partial charge in [-0.2, -0.15) is 0 Å². The fourth-order valence-corrected chi connectivity index (χ4v) is 3.22. The maximum atomic E-state index is 11.9. The zero-order valence-corrected chi connectivity index (χ0v) is 15.3. The number of carbonyl (C=O) groups excluding carboxylic acids is 1. The highest BCUT2D eigenvalue weighted by Crippen LogP contribution is 2.25. The molecule has 0 spiro atoms. The van der Waals surface area contributed by atoms with Gasteiger partial charge in [-0.1, -0.05) is 13.0 Å². The van der Waals surface area contributed by atoms with E-state index < -0.39 is 0 Å². The Hall–Kier alpha value is -1.14. The summed E-state index contributed by atoms with van der Waals surface area (Å²) < 4.78 is 6.36. The molecule has 120 valence electrons. The predicted molar refractivity (Wildman–Crippen MR) is 95.1 cm³/mol. The lowest BCUT2D eigenvalue weighted by molar-refractivity contribution is -0.121. The molecule has 1 saturated heterocycles. The Labute approximate surface area is 145 Å². The standard InChI is InChI=1S/C16H21BrN2O2S/c1-11-5-7-19(8-6-11)16(22)18-15(20)10-21-14-4-3-12(2)9-13(14)17/h3-4,9,11H,5-8,10H2,1-2H3,(H,18,20,22). The van der Waals surface area contributed by atoms with Crippen LogP contribution in [0.4, 0.5) is 0 Å². The second-order valence-electron chi connectivity index (χ2n) is 5.75. The second-order valence-corrected chi connectivity index (χ2v) is 6.99. The van der Waals surface area contributed by atoms with Gasteiger partial charge in [0.25, 0.3) is 5.91 Å². The molecule has 22 heavy (non-hydrogen) atoms. The largest absolute Gasteiger partial charge is 0.483 e. The molecule has 1 heterocycles. The van der Waals surface area contributed by atoms with E-state index in [0.717, 1.165) is 41.9 Å².